The maximum absolute atomic E-state index is 12.7. The van der Waals surface area contributed by atoms with Gasteiger partial charge in [-0.3, -0.25) is 9.69 Å². The second kappa shape index (κ2) is 7.74. The fourth-order valence-electron chi connectivity index (χ4n) is 3.16. The second-order valence-electron chi connectivity index (χ2n) is 6.05. The summed E-state index contributed by atoms with van der Waals surface area (Å²) >= 11 is 0. The quantitative estimate of drug-likeness (QED) is 0.572. The SMILES string of the molecule is CCOC(=O)[C@H]1[C@@H]2OC[C@@H](C(=O)OC)N(C(=O)OCc3ccccc3)[C@@H]21. The molecule has 1 aliphatic carbocycles. The van der Waals surface area contributed by atoms with Gasteiger partial charge in [-0.25, -0.2) is 9.59 Å². The van der Waals surface area contributed by atoms with Crippen molar-refractivity contribution < 1.29 is 33.3 Å². The Balaban J connectivity index is 1.73. The lowest BCUT2D eigenvalue weighted by molar-refractivity contribution is -0.152. The largest absolute Gasteiger partial charge is 0.467 e. The van der Waals surface area contributed by atoms with Crippen molar-refractivity contribution in [3.8, 4) is 0 Å². The first-order valence-electron chi connectivity index (χ1n) is 8.43. The molecule has 1 aromatic rings. The molecular weight excluding hydrogens is 342 g/mol. The fourth-order valence-corrected chi connectivity index (χ4v) is 3.16. The smallest absolute Gasteiger partial charge is 0.411 e. The van der Waals surface area contributed by atoms with Gasteiger partial charge in [-0.2, -0.15) is 0 Å². The van der Waals surface area contributed by atoms with Gasteiger partial charge in [0.25, 0.3) is 0 Å². The first kappa shape index (κ1) is 18.2. The molecule has 2 aliphatic rings. The number of carbonyl (C=O) groups excluding carboxylic acids is 3. The summed E-state index contributed by atoms with van der Waals surface area (Å²) in [5, 5.41) is 0. The molecule has 3 rings (SSSR count). The van der Waals surface area contributed by atoms with Gasteiger partial charge in [0.15, 0.2) is 6.04 Å². The Hall–Kier alpha value is -2.61. The normalized spacial score (nSPS) is 26.5. The van der Waals surface area contributed by atoms with E-state index in [1.54, 1.807) is 6.92 Å². The molecule has 0 spiro atoms. The highest BCUT2D eigenvalue weighted by Gasteiger charge is 2.66. The van der Waals surface area contributed by atoms with Crippen molar-refractivity contribution in [2.24, 2.45) is 5.92 Å². The second-order valence-corrected chi connectivity index (χ2v) is 6.05. The summed E-state index contributed by atoms with van der Waals surface area (Å²) in [6.07, 6.45) is -1.17. The Bertz CT molecular complexity index is 677. The molecule has 1 heterocycles. The molecule has 8 heteroatoms. The van der Waals surface area contributed by atoms with Gasteiger partial charge >= 0.3 is 18.0 Å². The van der Waals surface area contributed by atoms with Crippen LogP contribution in [-0.2, 0) is 35.1 Å². The van der Waals surface area contributed by atoms with Gasteiger partial charge in [-0.05, 0) is 12.5 Å². The van der Waals surface area contributed by atoms with E-state index in [2.05, 4.69) is 0 Å². The number of hydrogen-bond donors (Lipinski definition) is 0. The van der Waals surface area contributed by atoms with E-state index in [4.69, 9.17) is 18.9 Å². The van der Waals surface area contributed by atoms with E-state index in [1.165, 1.54) is 12.0 Å². The van der Waals surface area contributed by atoms with E-state index >= 15 is 0 Å². The number of fused-ring (bicyclic) bond motifs is 1. The van der Waals surface area contributed by atoms with Crippen LogP contribution in [0.5, 0.6) is 0 Å². The highest BCUT2D eigenvalue weighted by molar-refractivity contribution is 5.85. The first-order chi connectivity index (χ1) is 12.6. The number of nitrogens with zero attached hydrogens (tertiary/aromatic N) is 1. The molecule has 1 amide bonds. The van der Waals surface area contributed by atoms with Crippen molar-refractivity contribution in [2.75, 3.05) is 20.3 Å². The van der Waals surface area contributed by atoms with Crippen LogP contribution in [0.4, 0.5) is 4.79 Å². The Kier molecular flexibility index (Phi) is 5.41. The van der Waals surface area contributed by atoms with Crippen molar-refractivity contribution in [3.63, 3.8) is 0 Å². The highest BCUT2D eigenvalue weighted by atomic mass is 16.6. The summed E-state index contributed by atoms with van der Waals surface area (Å²) in [5.41, 5.74) is 0.818. The van der Waals surface area contributed by atoms with Crippen LogP contribution in [0, 0.1) is 5.92 Å². The maximum Gasteiger partial charge on any atom is 0.411 e. The van der Waals surface area contributed by atoms with Gasteiger partial charge in [0, 0.05) is 0 Å². The molecule has 26 heavy (non-hydrogen) atoms. The van der Waals surface area contributed by atoms with Gasteiger partial charge in [0.1, 0.15) is 12.5 Å². The minimum absolute atomic E-state index is 0.0514. The Morgan fingerprint density at radius 3 is 2.54 bits per heavy atom. The third-order valence-electron chi connectivity index (χ3n) is 4.47. The first-order valence-corrected chi connectivity index (χ1v) is 8.43. The molecule has 2 fully saturated rings. The lowest BCUT2D eigenvalue weighted by atomic mass is 10.2. The van der Waals surface area contributed by atoms with Crippen LogP contribution >= 0.6 is 0 Å². The molecule has 140 valence electrons. The minimum atomic E-state index is -0.955. The van der Waals surface area contributed by atoms with Gasteiger partial charge in [0.05, 0.1) is 32.5 Å². The minimum Gasteiger partial charge on any atom is -0.467 e. The summed E-state index contributed by atoms with van der Waals surface area (Å²) in [7, 11) is 1.23. The van der Waals surface area contributed by atoms with Crippen LogP contribution in [0.1, 0.15) is 12.5 Å². The van der Waals surface area contributed by atoms with Crippen LogP contribution in [0.2, 0.25) is 0 Å². The van der Waals surface area contributed by atoms with Gasteiger partial charge in [0.2, 0.25) is 0 Å². The number of morpholine rings is 1. The van der Waals surface area contributed by atoms with Crippen molar-refractivity contribution in [3.05, 3.63) is 35.9 Å². The van der Waals surface area contributed by atoms with Crippen LogP contribution in [0.25, 0.3) is 0 Å². The Morgan fingerprint density at radius 2 is 1.88 bits per heavy atom. The molecule has 1 saturated carbocycles. The van der Waals surface area contributed by atoms with Crippen molar-refractivity contribution in [1.82, 2.24) is 4.90 Å². The van der Waals surface area contributed by atoms with Crippen LogP contribution in [0.3, 0.4) is 0 Å². The number of methoxy groups -OCH3 is 1. The average molecular weight is 363 g/mol. The molecule has 1 saturated heterocycles. The van der Waals surface area contributed by atoms with Crippen molar-refractivity contribution >= 4 is 18.0 Å². The molecule has 4 atom stereocenters. The van der Waals surface area contributed by atoms with E-state index in [1.807, 2.05) is 30.3 Å². The molecule has 1 aliphatic heterocycles. The molecule has 8 nitrogen and oxygen atoms in total. The molecule has 0 bridgehead atoms. The van der Waals surface area contributed by atoms with Crippen molar-refractivity contribution in [1.29, 1.82) is 0 Å². The lowest BCUT2D eigenvalue weighted by Gasteiger charge is -2.32. The number of rotatable bonds is 5. The topological polar surface area (TPSA) is 91.4 Å². The molecule has 0 unspecified atom stereocenters. The van der Waals surface area contributed by atoms with Crippen LogP contribution in [-0.4, -0.2) is 61.4 Å². The van der Waals surface area contributed by atoms with E-state index in [0.29, 0.717) is 0 Å². The fraction of sp³-hybridized carbons (Fsp3) is 0.500. The third kappa shape index (κ3) is 3.50. The number of carbonyl (C=O) groups is 3. The molecule has 0 aromatic heterocycles. The Labute approximate surface area is 150 Å². The third-order valence-corrected chi connectivity index (χ3v) is 4.47. The van der Waals surface area contributed by atoms with Crippen LogP contribution < -0.4 is 0 Å². The molecule has 0 N–H and O–H groups in total. The monoisotopic (exact) mass is 363 g/mol. The molecule has 0 radical (unpaired) electrons. The zero-order chi connectivity index (χ0) is 18.7. The number of benzene rings is 1. The summed E-state index contributed by atoms with van der Waals surface area (Å²) in [6.45, 7) is 1.94. The van der Waals surface area contributed by atoms with E-state index in [9.17, 15) is 14.4 Å². The van der Waals surface area contributed by atoms with Crippen LogP contribution in [0.15, 0.2) is 30.3 Å². The maximum atomic E-state index is 12.7. The predicted octanol–water partition coefficient (Wildman–Crippen LogP) is 1.13. The highest BCUT2D eigenvalue weighted by Crippen LogP contribution is 2.45. The van der Waals surface area contributed by atoms with Crippen molar-refractivity contribution in [2.45, 2.75) is 31.7 Å². The van der Waals surface area contributed by atoms with E-state index in [-0.39, 0.29) is 19.8 Å². The molecular formula is C18H21NO7. The summed E-state index contributed by atoms with van der Waals surface area (Å²) in [5.74, 6) is -1.68. The van der Waals surface area contributed by atoms with E-state index < -0.39 is 42.1 Å². The number of hydrogen-bond acceptors (Lipinski definition) is 7. The summed E-state index contributed by atoms with van der Waals surface area (Å²) in [4.78, 5) is 38.0. The number of ether oxygens (including phenoxy) is 4. The summed E-state index contributed by atoms with van der Waals surface area (Å²) < 4.78 is 20.7. The predicted molar refractivity (Wildman–Crippen MR) is 87.9 cm³/mol. The number of esters is 2. The zero-order valence-corrected chi connectivity index (χ0v) is 14.6. The van der Waals surface area contributed by atoms with Gasteiger partial charge in [-0.1, -0.05) is 30.3 Å². The van der Waals surface area contributed by atoms with Gasteiger partial charge in [-0.15, -0.1) is 0 Å². The zero-order valence-electron chi connectivity index (χ0n) is 14.6. The van der Waals surface area contributed by atoms with Gasteiger partial charge < -0.3 is 18.9 Å². The number of amides is 1. The molecule has 1 aromatic carbocycles. The standard InChI is InChI=1S/C18H21NO7/c1-3-24-17(21)13-14-15(13)25-10-12(16(20)23-2)19(14)18(22)26-9-11-7-5-4-6-8-11/h4-8,12-15H,3,9-10H2,1-2H3/t12-,13+,14+,15-/m0/s1. The average Bonchev–Trinajstić information content (AvgIpc) is 3.40. The lowest BCUT2D eigenvalue weighted by Crippen LogP contribution is -2.53. The summed E-state index contributed by atoms with van der Waals surface area (Å²) in [6, 6.07) is 7.64. The Morgan fingerprint density at radius 1 is 1.15 bits per heavy atom. The van der Waals surface area contributed by atoms with E-state index in [0.717, 1.165) is 5.56 Å².